The van der Waals surface area contributed by atoms with E-state index in [1.165, 1.54) is 34.3 Å². The van der Waals surface area contributed by atoms with Gasteiger partial charge in [0.1, 0.15) is 16.2 Å². The zero-order chi connectivity index (χ0) is 19.8. The van der Waals surface area contributed by atoms with Crippen molar-refractivity contribution in [2.24, 2.45) is 0 Å². The Morgan fingerprint density at radius 3 is 2.64 bits per heavy atom. The van der Waals surface area contributed by atoms with E-state index < -0.39 is 4.92 Å². The quantitative estimate of drug-likeness (QED) is 0.192. The normalized spacial score (nSPS) is 12.4. The Labute approximate surface area is 168 Å². The molecule has 4 aromatic rings. The largest absolute Gasteiger partial charge is 0.419 e. The van der Waals surface area contributed by atoms with Crippen LogP contribution in [0.1, 0.15) is 28.5 Å². The highest BCUT2D eigenvalue weighted by molar-refractivity contribution is 7.99. The topological polar surface area (TPSA) is 108 Å². The van der Waals surface area contributed by atoms with Gasteiger partial charge in [-0.15, -0.1) is 21.5 Å². The first-order valence-corrected chi connectivity index (χ1v) is 10.1. The van der Waals surface area contributed by atoms with Gasteiger partial charge in [-0.25, -0.2) is 9.97 Å². The number of nitro benzene ring substituents is 1. The van der Waals surface area contributed by atoms with Crippen LogP contribution in [-0.2, 0) is 0 Å². The molecule has 0 amide bonds. The predicted octanol–water partition coefficient (Wildman–Crippen LogP) is 5.12. The van der Waals surface area contributed by atoms with E-state index in [0.717, 1.165) is 15.2 Å². The highest BCUT2D eigenvalue weighted by atomic mass is 32.2. The number of benzene rings is 1. The molecule has 0 fully saturated rings. The van der Waals surface area contributed by atoms with Crippen molar-refractivity contribution in [1.29, 1.82) is 0 Å². The molecule has 1 aromatic carbocycles. The molecular formula is C18H15N5O3S2. The number of rotatable bonds is 5. The van der Waals surface area contributed by atoms with Crippen molar-refractivity contribution in [2.45, 2.75) is 31.0 Å². The van der Waals surface area contributed by atoms with Crippen LogP contribution in [0.3, 0.4) is 0 Å². The third-order valence-corrected chi connectivity index (χ3v) is 6.54. The smallest absolute Gasteiger partial charge is 0.269 e. The number of aromatic nitrogens is 4. The number of nitro groups is 1. The molecule has 1 atom stereocenters. The molecule has 0 radical (unpaired) electrons. The SMILES string of the molecule is Cc1sc2ncnc(S[C@@H](C)c3nnc(-c4ccc([N+](=O)[O-])cc4)o3)c2c1C. The highest BCUT2D eigenvalue weighted by Crippen LogP contribution is 2.40. The minimum absolute atomic E-state index is 0.0154. The Morgan fingerprint density at radius 2 is 1.93 bits per heavy atom. The number of hydrogen-bond donors (Lipinski definition) is 0. The molecule has 0 saturated carbocycles. The zero-order valence-corrected chi connectivity index (χ0v) is 16.9. The molecule has 3 heterocycles. The maximum Gasteiger partial charge on any atom is 0.269 e. The number of thiophene rings is 1. The van der Waals surface area contributed by atoms with Gasteiger partial charge in [0, 0.05) is 28.0 Å². The summed E-state index contributed by atoms with van der Waals surface area (Å²) in [6.07, 6.45) is 1.57. The number of hydrogen-bond acceptors (Lipinski definition) is 9. The fraction of sp³-hybridized carbons (Fsp3) is 0.222. The lowest BCUT2D eigenvalue weighted by Crippen LogP contribution is -1.92. The van der Waals surface area contributed by atoms with Gasteiger partial charge in [0.05, 0.1) is 10.2 Å². The number of fused-ring (bicyclic) bond motifs is 1. The Kier molecular flexibility index (Phi) is 4.82. The van der Waals surface area contributed by atoms with E-state index in [1.54, 1.807) is 29.8 Å². The first kappa shape index (κ1) is 18.5. The molecule has 10 heteroatoms. The molecule has 142 valence electrons. The maximum atomic E-state index is 10.8. The molecule has 0 spiro atoms. The summed E-state index contributed by atoms with van der Waals surface area (Å²) in [5.41, 5.74) is 1.84. The van der Waals surface area contributed by atoms with Crippen LogP contribution in [-0.4, -0.2) is 25.1 Å². The van der Waals surface area contributed by atoms with E-state index in [1.807, 2.05) is 6.92 Å². The van der Waals surface area contributed by atoms with Gasteiger partial charge in [0.25, 0.3) is 5.69 Å². The van der Waals surface area contributed by atoms with Gasteiger partial charge in [-0.05, 0) is 38.5 Å². The average Bonchev–Trinajstić information content (AvgIpc) is 3.28. The number of thioether (sulfide) groups is 1. The van der Waals surface area contributed by atoms with E-state index >= 15 is 0 Å². The lowest BCUT2D eigenvalue weighted by Gasteiger charge is -2.07. The standard InChI is InChI=1S/C18H15N5O3S2/c1-9-10(2)27-17-14(9)18(20-8-19-17)28-11(3)15-21-22-16(26-15)12-4-6-13(7-5-12)23(24)25/h4-8,11H,1-3H3/t11-/m0/s1. The van der Waals surface area contributed by atoms with Gasteiger partial charge in [0.15, 0.2) is 0 Å². The van der Waals surface area contributed by atoms with Crippen molar-refractivity contribution in [3.05, 3.63) is 57.0 Å². The first-order chi connectivity index (χ1) is 13.4. The summed E-state index contributed by atoms with van der Waals surface area (Å²) in [6.45, 7) is 6.12. The molecule has 3 aromatic heterocycles. The van der Waals surface area contributed by atoms with Gasteiger partial charge < -0.3 is 4.42 Å². The fourth-order valence-corrected chi connectivity index (χ4v) is 4.77. The minimum atomic E-state index is -0.446. The van der Waals surface area contributed by atoms with Crippen molar-refractivity contribution in [3.8, 4) is 11.5 Å². The Hall–Kier alpha value is -2.85. The molecule has 0 saturated heterocycles. The van der Waals surface area contributed by atoms with Crippen molar-refractivity contribution in [1.82, 2.24) is 20.2 Å². The minimum Gasteiger partial charge on any atom is -0.419 e. The van der Waals surface area contributed by atoms with Crippen LogP contribution >= 0.6 is 23.1 Å². The van der Waals surface area contributed by atoms with Crippen molar-refractivity contribution in [2.75, 3.05) is 0 Å². The Morgan fingerprint density at radius 1 is 1.18 bits per heavy atom. The van der Waals surface area contributed by atoms with Gasteiger partial charge in [-0.1, -0.05) is 11.8 Å². The first-order valence-electron chi connectivity index (χ1n) is 8.39. The molecule has 0 bridgehead atoms. The lowest BCUT2D eigenvalue weighted by atomic mass is 10.2. The van der Waals surface area contributed by atoms with E-state index in [0.29, 0.717) is 17.3 Å². The fourth-order valence-electron chi connectivity index (χ4n) is 2.70. The summed E-state index contributed by atoms with van der Waals surface area (Å²) in [6, 6.07) is 6.02. The van der Waals surface area contributed by atoms with E-state index in [9.17, 15) is 10.1 Å². The summed E-state index contributed by atoms with van der Waals surface area (Å²) in [4.78, 5) is 21.3. The van der Waals surface area contributed by atoms with Crippen molar-refractivity contribution in [3.63, 3.8) is 0 Å². The average molecular weight is 413 g/mol. The third kappa shape index (κ3) is 3.36. The van der Waals surface area contributed by atoms with Crippen molar-refractivity contribution >= 4 is 39.0 Å². The van der Waals surface area contributed by atoms with Crippen LogP contribution < -0.4 is 0 Å². The highest BCUT2D eigenvalue weighted by Gasteiger charge is 2.20. The molecule has 0 unspecified atom stereocenters. The monoisotopic (exact) mass is 413 g/mol. The van der Waals surface area contributed by atoms with Gasteiger partial charge in [-0.3, -0.25) is 10.1 Å². The third-order valence-electron chi connectivity index (χ3n) is 4.33. The molecule has 0 N–H and O–H groups in total. The van der Waals surface area contributed by atoms with Crippen molar-refractivity contribution < 1.29 is 9.34 Å². The number of non-ortho nitro benzene ring substituents is 1. The summed E-state index contributed by atoms with van der Waals surface area (Å²) in [5, 5.41) is 20.8. The van der Waals surface area contributed by atoms with Gasteiger partial charge in [0.2, 0.25) is 11.8 Å². The Bertz CT molecular complexity index is 1170. The van der Waals surface area contributed by atoms with Crippen LogP contribution in [0.25, 0.3) is 21.7 Å². The molecule has 8 nitrogen and oxygen atoms in total. The van der Waals surface area contributed by atoms with E-state index in [4.69, 9.17) is 4.42 Å². The lowest BCUT2D eigenvalue weighted by molar-refractivity contribution is -0.384. The predicted molar refractivity (Wildman–Crippen MR) is 108 cm³/mol. The van der Waals surface area contributed by atoms with Crippen LogP contribution in [0.2, 0.25) is 0 Å². The summed E-state index contributed by atoms with van der Waals surface area (Å²) >= 11 is 3.20. The van der Waals surface area contributed by atoms with Crippen LogP contribution in [0, 0.1) is 24.0 Å². The second kappa shape index (κ2) is 7.28. The van der Waals surface area contributed by atoms with E-state index in [2.05, 4.69) is 34.0 Å². The van der Waals surface area contributed by atoms with Crippen LogP contribution in [0.5, 0.6) is 0 Å². The van der Waals surface area contributed by atoms with Crippen LogP contribution in [0.4, 0.5) is 5.69 Å². The molecule has 0 aliphatic heterocycles. The molecular weight excluding hydrogens is 398 g/mol. The zero-order valence-electron chi connectivity index (χ0n) is 15.2. The number of nitrogens with zero attached hydrogens (tertiary/aromatic N) is 5. The van der Waals surface area contributed by atoms with Gasteiger partial charge >= 0.3 is 0 Å². The molecule has 0 aliphatic rings. The second-order valence-electron chi connectivity index (χ2n) is 6.15. The Balaban J connectivity index is 1.58. The maximum absolute atomic E-state index is 10.8. The molecule has 4 rings (SSSR count). The summed E-state index contributed by atoms with van der Waals surface area (Å²) < 4.78 is 5.80. The molecule has 28 heavy (non-hydrogen) atoms. The summed E-state index contributed by atoms with van der Waals surface area (Å²) in [7, 11) is 0. The van der Waals surface area contributed by atoms with Gasteiger partial charge in [-0.2, -0.15) is 0 Å². The second-order valence-corrected chi connectivity index (χ2v) is 8.68. The molecule has 0 aliphatic carbocycles. The number of aryl methyl sites for hydroxylation is 2. The summed E-state index contributed by atoms with van der Waals surface area (Å²) in [5.74, 6) is 0.794. The van der Waals surface area contributed by atoms with Crippen LogP contribution in [0.15, 0.2) is 40.0 Å². The van der Waals surface area contributed by atoms with E-state index in [-0.39, 0.29) is 10.9 Å².